The molecular weight excluding hydrogens is 278 g/mol. The highest BCUT2D eigenvalue weighted by molar-refractivity contribution is 5.96. The van der Waals surface area contributed by atoms with Gasteiger partial charge in [-0.3, -0.25) is 9.59 Å². The summed E-state index contributed by atoms with van der Waals surface area (Å²) in [5.41, 5.74) is 1.27. The number of nitrogens with one attached hydrogen (secondary N) is 1. The van der Waals surface area contributed by atoms with E-state index in [1.54, 1.807) is 31.2 Å². The monoisotopic (exact) mass is 303 g/mol. The second-order valence-electron chi connectivity index (χ2n) is 6.87. The first kappa shape index (κ1) is 16.5. The molecule has 4 nitrogen and oxygen atoms in total. The molecule has 0 spiro atoms. The van der Waals surface area contributed by atoms with Crippen molar-refractivity contribution in [3.05, 3.63) is 29.8 Å². The van der Waals surface area contributed by atoms with E-state index >= 15 is 0 Å². The van der Waals surface area contributed by atoms with Gasteiger partial charge in [-0.15, -0.1) is 0 Å². The van der Waals surface area contributed by atoms with Crippen molar-refractivity contribution in [2.45, 2.75) is 52.4 Å². The number of hydrogen-bond acceptors (Lipinski definition) is 2. The van der Waals surface area contributed by atoms with E-state index in [4.69, 9.17) is 5.11 Å². The third kappa shape index (κ3) is 3.49. The molecule has 0 bridgehead atoms. The number of carbonyl (C=O) groups is 2. The van der Waals surface area contributed by atoms with E-state index in [0.717, 1.165) is 36.9 Å². The molecule has 1 aliphatic carbocycles. The Morgan fingerprint density at radius 3 is 2.18 bits per heavy atom. The summed E-state index contributed by atoms with van der Waals surface area (Å²) in [7, 11) is 0. The van der Waals surface area contributed by atoms with Gasteiger partial charge in [0.25, 0.3) is 0 Å². The van der Waals surface area contributed by atoms with Crippen LogP contribution in [0.4, 0.5) is 5.69 Å². The second kappa shape index (κ2) is 6.51. The highest BCUT2D eigenvalue weighted by Gasteiger charge is 2.44. The standard InChI is InChI=1S/C18H25NO3/c1-12(2)11-18(9-4-10-18)17(22)19-15-7-5-14(6-8-15)13(3)16(20)21/h5-8,12-13H,4,9-11H2,1-3H3,(H,19,22)(H,20,21). The van der Waals surface area contributed by atoms with Gasteiger partial charge in [0.05, 0.1) is 5.92 Å². The second-order valence-corrected chi connectivity index (χ2v) is 6.87. The lowest BCUT2D eigenvalue weighted by Crippen LogP contribution is -2.42. The number of carboxylic acid groups (broad SMARTS) is 1. The molecule has 2 rings (SSSR count). The molecule has 1 fully saturated rings. The van der Waals surface area contributed by atoms with Crippen LogP contribution in [0, 0.1) is 11.3 Å². The van der Waals surface area contributed by atoms with Crippen LogP contribution in [0.5, 0.6) is 0 Å². The number of hydrogen-bond donors (Lipinski definition) is 2. The minimum atomic E-state index is -0.845. The van der Waals surface area contributed by atoms with Crippen molar-refractivity contribution in [2.24, 2.45) is 11.3 Å². The summed E-state index contributed by atoms with van der Waals surface area (Å²) in [4.78, 5) is 23.5. The fraction of sp³-hybridized carbons (Fsp3) is 0.556. The minimum Gasteiger partial charge on any atom is -0.481 e. The molecule has 0 saturated heterocycles. The molecular formula is C18H25NO3. The highest BCUT2D eigenvalue weighted by atomic mass is 16.4. The summed E-state index contributed by atoms with van der Waals surface area (Å²) in [5.74, 6) is -0.776. The van der Waals surface area contributed by atoms with E-state index in [2.05, 4.69) is 19.2 Å². The molecule has 0 radical (unpaired) electrons. The smallest absolute Gasteiger partial charge is 0.310 e. The molecule has 22 heavy (non-hydrogen) atoms. The molecule has 2 N–H and O–H groups in total. The Morgan fingerprint density at radius 1 is 1.18 bits per heavy atom. The van der Waals surface area contributed by atoms with E-state index in [1.165, 1.54) is 0 Å². The average Bonchev–Trinajstić information content (AvgIpc) is 2.42. The first-order valence-electron chi connectivity index (χ1n) is 7.98. The zero-order valence-electron chi connectivity index (χ0n) is 13.6. The third-order valence-corrected chi connectivity index (χ3v) is 4.63. The molecule has 1 aromatic carbocycles. The van der Waals surface area contributed by atoms with Crippen LogP contribution in [0.1, 0.15) is 57.9 Å². The third-order valence-electron chi connectivity index (χ3n) is 4.63. The molecule has 1 aromatic rings. The Hall–Kier alpha value is -1.84. The zero-order chi connectivity index (χ0) is 16.3. The van der Waals surface area contributed by atoms with Crippen LogP contribution in [0.2, 0.25) is 0 Å². The largest absolute Gasteiger partial charge is 0.481 e. The average molecular weight is 303 g/mol. The van der Waals surface area contributed by atoms with Crippen molar-refractivity contribution in [2.75, 3.05) is 5.32 Å². The van der Waals surface area contributed by atoms with Gasteiger partial charge in [-0.2, -0.15) is 0 Å². The maximum absolute atomic E-state index is 12.6. The minimum absolute atomic E-state index is 0.103. The Balaban J connectivity index is 2.04. The van der Waals surface area contributed by atoms with Gasteiger partial charge < -0.3 is 10.4 Å². The van der Waals surface area contributed by atoms with E-state index in [1.807, 2.05) is 0 Å². The first-order chi connectivity index (χ1) is 10.3. The fourth-order valence-corrected chi connectivity index (χ4v) is 3.17. The van der Waals surface area contributed by atoms with E-state index < -0.39 is 11.9 Å². The molecule has 120 valence electrons. The molecule has 1 unspecified atom stereocenters. The molecule has 1 amide bonds. The predicted octanol–water partition coefficient (Wildman–Crippen LogP) is 4.03. The van der Waals surface area contributed by atoms with Crippen LogP contribution >= 0.6 is 0 Å². The molecule has 0 aromatic heterocycles. The molecule has 1 saturated carbocycles. The van der Waals surface area contributed by atoms with E-state index in [9.17, 15) is 9.59 Å². The van der Waals surface area contributed by atoms with Crippen molar-refractivity contribution in [3.63, 3.8) is 0 Å². The van der Waals surface area contributed by atoms with E-state index in [-0.39, 0.29) is 11.3 Å². The normalized spacial score (nSPS) is 17.6. The van der Waals surface area contributed by atoms with Crippen molar-refractivity contribution in [1.82, 2.24) is 0 Å². The Labute approximate surface area is 131 Å². The maximum atomic E-state index is 12.6. The van der Waals surface area contributed by atoms with Gasteiger partial charge in [-0.05, 0) is 49.8 Å². The van der Waals surface area contributed by atoms with Crippen molar-refractivity contribution in [3.8, 4) is 0 Å². The quantitative estimate of drug-likeness (QED) is 0.833. The Bertz CT molecular complexity index is 544. The number of aliphatic carboxylic acids is 1. The number of carboxylic acids is 1. The number of amides is 1. The van der Waals surface area contributed by atoms with Crippen LogP contribution < -0.4 is 5.32 Å². The van der Waals surface area contributed by atoms with E-state index in [0.29, 0.717) is 5.92 Å². The summed E-state index contributed by atoms with van der Waals surface area (Å²) < 4.78 is 0. The number of anilines is 1. The van der Waals surface area contributed by atoms with Crippen LogP contribution in [-0.4, -0.2) is 17.0 Å². The van der Waals surface area contributed by atoms with Gasteiger partial charge in [0.1, 0.15) is 0 Å². The van der Waals surface area contributed by atoms with Gasteiger partial charge in [0.15, 0.2) is 0 Å². The highest BCUT2D eigenvalue weighted by Crippen LogP contribution is 2.46. The van der Waals surface area contributed by atoms with Gasteiger partial charge in [0, 0.05) is 11.1 Å². The molecule has 0 heterocycles. The van der Waals surface area contributed by atoms with Gasteiger partial charge in [0.2, 0.25) is 5.91 Å². The van der Waals surface area contributed by atoms with Crippen molar-refractivity contribution in [1.29, 1.82) is 0 Å². The summed E-state index contributed by atoms with van der Waals surface area (Å²) >= 11 is 0. The first-order valence-corrected chi connectivity index (χ1v) is 7.98. The van der Waals surface area contributed by atoms with Crippen LogP contribution in [0.3, 0.4) is 0 Å². The Kier molecular flexibility index (Phi) is 4.89. The number of rotatable bonds is 6. The molecule has 1 atom stereocenters. The fourth-order valence-electron chi connectivity index (χ4n) is 3.17. The zero-order valence-corrected chi connectivity index (χ0v) is 13.6. The van der Waals surface area contributed by atoms with Crippen molar-refractivity contribution >= 4 is 17.6 Å². The summed E-state index contributed by atoms with van der Waals surface area (Å²) in [6, 6.07) is 7.11. The molecule has 0 aliphatic heterocycles. The number of benzene rings is 1. The van der Waals surface area contributed by atoms with Crippen LogP contribution in [0.15, 0.2) is 24.3 Å². The summed E-state index contributed by atoms with van der Waals surface area (Å²) in [6.45, 7) is 5.95. The summed E-state index contributed by atoms with van der Waals surface area (Å²) in [5, 5.41) is 12.0. The van der Waals surface area contributed by atoms with Crippen molar-refractivity contribution < 1.29 is 14.7 Å². The lowest BCUT2D eigenvalue weighted by molar-refractivity contribution is -0.138. The maximum Gasteiger partial charge on any atom is 0.310 e. The van der Waals surface area contributed by atoms with Gasteiger partial charge in [-0.25, -0.2) is 0 Å². The van der Waals surface area contributed by atoms with Gasteiger partial charge in [-0.1, -0.05) is 32.4 Å². The molecule has 1 aliphatic rings. The van der Waals surface area contributed by atoms with Crippen LogP contribution in [-0.2, 0) is 9.59 Å². The van der Waals surface area contributed by atoms with Gasteiger partial charge >= 0.3 is 5.97 Å². The number of carbonyl (C=O) groups excluding carboxylic acids is 1. The Morgan fingerprint density at radius 2 is 1.77 bits per heavy atom. The predicted molar refractivity (Wildman–Crippen MR) is 86.9 cm³/mol. The summed E-state index contributed by atoms with van der Waals surface area (Å²) in [6.07, 6.45) is 3.97. The SMILES string of the molecule is CC(C)CC1(C(=O)Nc2ccc(C(C)C(=O)O)cc2)CCC1. The topological polar surface area (TPSA) is 66.4 Å². The lowest BCUT2D eigenvalue weighted by atomic mass is 9.64. The van der Waals surface area contributed by atoms with Crippen LogP contribution in [0.25, 0.3) is 0 Å². The lowest BCUT2D eigenvalue weighted by Gasteiger charge is -2.41. The molecule has 4 heteroatoms.